The van der Waals surface area contributed by atoms with Crippen molar-refractivity contribution in [2.24, 2.45) is 11.8 Å². The Kier molecular flexibility index (Phi) is 12.3. The molecule has 5 atom stereocenters. The fourth-order valence-electron chi connectivity index (χ4n) is 7.28. The number of benzene rings is 3. The van der Waals surface area contributed by atoms with E-state index in [9.17, 15) is 28.2 Å². The van der Waals surface area contributed by atoms with Gasteiger partial charge >= 0.3 is 6.09 Å². The molecule has 14 heteroatoms. The standard InChI is InChI=1S/C40H50N4O9S/c1-5-43(6-2)34-15-12-27(20-35(34)45)18-31-30-21-28(13-14-32(30)41-38(31)47)54(49,50)44(22-25(3)4)23-36(46)33(19-26-10-8-7-9-11-26)42-40(48)53-37-24-52-39-29(37)16-17-51-39/h7-15,18,20-21,25,29,33,36-37,39,45-46H,5-6,16-17,19,22-24H2,1-4H3,(H,41,47)(H,42,48). The average Bonchev–Trinajstić information content (AvgIpc) is 3.85. The van der Waals surface area contributed by atoms with Gasteiger partial charge in [-0.25, -0.2) is 13.2 Å². The molecule has 3 aliphatic rings. The molecule has 3 aromatic rings. The van der Waals surface area contributed by atoms with Crippen LogP contribution in [0, 0.1) is 11.8 Å². The van der Waals surface area contributed by atoms with Crippen molar-refractivity contribution < 1.29 is 42.4 Å². The summed E-state index contributed by atoms with van der Waals surface area (Å²) in [5, 5.41) is 28.1. The van der Waals surface area contributed by atoms with Gasteiger partial charge in [0.05, 0.1) is 41.9 Å². The summed E-state index contributed by atoms with van der Waals surface area (Å²) in [7, 11) is -4.23. The first-order valence-corrected chi connectivity index (χ1v) is 20.0. The van der Waals surface area contributed by atoms with Crippen LogP contribution >= 0.6 is 0 Å². The summed E-state index contributed by atoms with van der Waals surface area (Å²) >= 11 is 0. The van der Waals surface area contributed by atoms with Crippen molar-refractivity contribution in [1.82, 2.24) is 9.62 Å². The van der Waals surface area contributed by atoms with Crippen molar-refractivity contribution in [3.8, 4) is 5.75 Å². The fourth-order valence-corrected chi connectivity index (χ4v) is 8.93. The third kappa shape index (κ3) is 8.74. The molecule has 0 radical (unpaired) electrons. The molecule has 0 bridgehead atoms. The third-order valence-electron chi connectivity index (χ3n) is 10.1. The SMILES string of the molecule is CCN(CC)c1ccc(C=C2C(=O)Nc3ccc(S(=O)(=O)N(CC(C)C)CC(O)C(Cc4ccccc4)NC(=O)OC4COC5OCCC45)cc32)cc1O. The van der Waals surface area contributed by atoms with Crippen LogP contribution in [0.25, 0.3) is 11.6 Å². The highest BCUT2D eigenvalue weighted by atomic mass is 32.2. The molecule has 3 heterocycles. The van der Waals surface area contributed by atoms with Gasteiger partial charge in [0.25, 0.3) is 5.91 Å². The summed E-state index contributed by atoms with van der Waals surface area (Å²) in [5.41, 5.74) is 3.19. The van der Waals surface area contributed by atoms with E-state index >= 15 is 0 Å². The Morgan fingerprint density at radius 1 is 1.06 bits per heavy atom. The maximum atomic E-state index is 14.4. The van der Waals surface area contributed by atoms with E-state index in [0.717, 1.165) is 5.56 Å². The van der Waals surface area contributed by atoms with Crippen LogP contribution in [0.2, 0.25) is 0 Å². The van der Waals surface area contributed by atoms with E-state index < -0.39 is 46.6 Å². The van der Waals surface area contributed by atoms with Gasteiger partial charge in [-0.1, -0.05) is 50.2 Å². The van der Waals surface area contributed by atoms with Crippen LogP contribution in [0.3, 0.4) is 0 Å². The number of hydrogen-bond acceptors (Lipinski definition) is 10. The van der Waals surface area contributed by atoms with E-state index in [1.54, 1.807) is 30.3 Å². The van der Waals surface area contributed by atoms with Gasteiger partial charge in [-0.15, -0.1) is 0 Å². The molecule has 2 amide bonds. The van der Waals surface area contributed by atoms with Crippen molar-refractivity contribution in [3.63, 3.8) is 0 Å². The van der Waals surface area contributed by atoms with E-state index in [4.69, 9.17) is 14.2 Å². The predicted octanol–water partition coefficient (Wildman–Crippen LogP) is 4.84. The predicted molar refractivity (Wildman–Crippen MR) is 205 cm³/mol. The molecule has 3 aliphatic heterocycles. The minimum Gasteiger partial charge on any atom is -0.506 e. The van der Waals surface area contributed by atoms with Gasteiger partial charge in [-0.05, 0) is 80.1 Å². The molecule has 3 aromatic carbocycles. The van der Waals surface area contributed by atoms with E-state index in [-0.39, 0.29) is 54.2 Å². The number of aliphatic hydroxyl groups is 1. The number of hydrogen-bond donors (Lipinski definition) is 4. The van der Waals surface area contributed by atoms with Gasteiger partial charge in [-0.2, -0.15) is 4.31 Å². The Morgan fingerprint density at radius 3 is 2.52 bits per heavy atom. The van der Waals surface area contributed by atoms with Crippen LogP contribution < -0.4 is 15.5 Å². The number of nitrogens with zero attached hydrogens (tertiary/aromatic N) is 2. The molecule has 5 unspecified atom stereocenters. The first kappa shape index (κ1) is 39.2. The van der Waals surface area contributed by atoms with Crippen LogP contribution in [0.1, 0.15) is 50.8 Å². The highest BCUT2D eigenvalue weighted by molar-refractivity contribution is 7.89. The summed E-state index contributed by atoms with van der Waals surface area (Å²) < 4.78 is 46.9. The highest BCUT2D eigenvalue weighted by Crippen LogP contribution is 2.37. The Hall–Kier alpha value is -4.47. The number of amides is 2. The molecule has 4 N–H and O–H groups in total. The summed E-state index contributed by atoms with van der Waals surface area (Å²) in [5.74, 6) is -0.508. The molecule has 54 heavy (non-hydrogen) atoms. The lowest BCUT2D eigenvalue weighted by molar-refractivity contribution is -0.110. The monoisotopic (exact) mass is 762 g/mol. The summed E-state index contributed by atoms with van der Waals surface area (Å²) in [4.78, 5) is 28.3. The number of aromatic hydroxyl groups is 1. The molecule has 2 saturated heterocycles. The average molecular weight is 763 g/mol. The van der Waals surface area contributed by atoms with E-state index in [2.05, 4.69) is 10.6 Å². The lowest BCUT2D eigenvalue weighted by atomic mass is 10.0. The van der Waals surface area contributed by atoms with Gasteiger partial charge in [-0.3, -0.25) is 4.79 Å². The Balaban J connectivity index is 1.24. The number of alkyl carbamates (subject to hydrolysis) is 1. The van der Waals surface area contributed by atoms with Gasteiger partial charge in [0.2, 0.25) is 10.0 Å². The smallest absolute Gasteiger partial charge is 0.407 e. The molecule has 0 aliphatic carbocycles. The number of anilines is 2. The molecule has 0 spiro atoms. The van der Waals surface area contributed by atoms with Crippen LogP contribution in [0.15, 0.2) is 71.6 Å². The number of phenolic OH excluding ortho intramolecular Hbond substituents is 1. The topological polar surface area (TPSA) is 167 Å². The maximum Gasteiger partial charge on any atom is 0.407 e. The van der Waals surface area contributed by atoms with Gasteiger partial charge in [0.15, 0.2) is 6.29 Å². The van der Waals surface area contributed by atoms with Gasteiger partial charge in [0, 0.05) is 43.0 Å². The highest BCUT2D eigenvalue weighted by Gasteiger charge is 2.44. The number of nitrogens with one attached hydrogen (secondary N) is 2. The number of rotatable bonds is 15. The largest absolute Gasteiger partial charge is 0.506 e. The number of fused-ring (bicyclic) bond motifs is 2. The molecule has 13 nitrogen and oxygen atoms in total. The van der Waals surface area contributed by atoms with Crippen LogP contribution in [0.5, 0.6) is 5.75 Å². The zero-order chi connectivity index (χ0) is 38.6. The number of aliphatic hydroxyl groups excluding tert-OH is 1. The second-order valence-electron chi connectivity index (χ2n) is 14.3. The molecular weight excluding hydrogens is 713 g/mol. The second-order valence-corrected chi connectivity index (χ2v) is 16.3. The van der Waals surface area contributed by atoms with E-state index in [1.807, 2.05) is 62.9 Å². The number of carbonyl (C=O) groups excluding carboxylic acids is 2. The fraction of sp³-hybridized carbons (Fsp3) is 0.450. The quantitative estimate of drug-likeness (QED) is 0.158. The lowest BCUT2D eigenvalue weighted by Gasteiger charge is -2.31. The molecule has 290 valence electrons. The second kappa shape index (κ2) is 16.9. The maximum absolute atomic E-state index is 14.4. The molecule has 0 aromatic heterocycles. The van der Waals surface area contributed by atoms with Gasteiger partial charge < -0.3 is 40.0 Å². The van der Waals surface area contributed by atoms with Crippen molar-refractivity contribution in [2.45, 2.75) is 70.0 Å². The van der Waals surface area contributed by atoms with Crippen LogP contribution in [-0.4, -0.2) is 98.9 Å². The molecule has 6 rings (SSSR count). The van der Waals surface area contributed by atoms with E-state index in [0.29, 0.717) is 48.6 Å². The Labute approximate surface area is 316 Å². The first-order valence-electron chi connectivity index (χ1n) is 18.6. The number of phenols is 1. The third-order valence-corrected chi connectivity index (χ3v) is 11.9. The zero-order valence-corrected chi connectivity index (χ0v) is 31.9. The Bertz CT molecular complexity index is 1950. The van der Waals surface area contributed by atoms with Gasteiger partial charge in [0.1, 0.15) is 11.9 Å². The van der Waals surface area contributed by atoms with Crippen LogP contribution in [0.4, 0.5) is 16.2 Å². The minimum atomic E-state index is -4.23. The molecular formula is C40H50N4O9S. The zero-order valence-electron chi connectivity index (χ0n) is 31.1. The number of sulfonamides is 1. The van der Waals surface area contributed by atoms with Crippen molar-refractivity contribution in [1.29, 1.82) is 0 Å². The van der Waals surface area contributed by atoms with Crippen molar-refractivity contribution in [2.75, 3.05) is 49.6 Å². The molecule has 2 fully saturated rings. The first-order chi connectivity index (χ1) is 25.9. The Morgan fingerprint density at radius 2 is 1.81 bits per heavy atom. The number of carbonyl (C=O) groups is 2. The summed E-state index contributed by atoms with van der Waals surface area (Å²) in [6.45, 7) is 9.67. The summed E-state index contributed by atoms with van der Waals surface area (Å²) in [6.07, 6.45) is -0.416. The van der Waals surface area contributed by atoms with Crippen molar-refractivity contribution >= 4 is 45.0 Å². The minimum absolute atomic E-state index is 0.0576. The summed E-state index contributed by atoms with van der Waals surface area (Å²) in [6, 6.07) is 18.0. The molecule has 0 saturated carbocycles. The normalized spacial score (nSPS) is 21.2. The lowest BCUT2D eigenvalue weighted by Crippen LogP contribution is -2.51. The number of ether oxygens (including phenoxy) is 3. The van der Waals surface area contributed by atoms with Crippen molar-refractivity contribution in [3.05, 3.63) is 83.4 Å². The van der Waals surface area contributed by atoms with E-state index in [1.165, 1.54) is 16.4 Å². The van der Waals surface area contributed by atoms with Crippen LogP contribution in [-0.2, 0) is 35.4 Å².